The fourth-order valence-electron chi connectivity index (χ4n) is 3.55. The summed E-state index contributed by atoms with van der Waals surface area (Å²) in [4.78, 5) is 64.9. The Hall–Kier alpha value is -3.42. The minimum Gasteiger partial charge on any atom is -0.480 e. The van der Waals surface area contributed by atoms with Crippen LogP contribution in [0.4, 0.5) is 0 Å². The maximum absolute atomic E-state index is 13.1. The minimum absolute atomic E-state index is 0.0916. The van der Waals surface area contributed by atoms with Crippen molar-refractivity contribution >= 4 is 35.6 Å². The highest BCUT2D eigenvalue weighted by atomic mass is 16.4. The number of guanidine groups is 1. The van der Waals surface area contributed by atoms with Crippen LogP contribution in [0, 0.1) is 5.92 Å². The lowest BCUT2D eigenvalue weighted by Crippen LogP contribution is -2.58. The summed E-state index contributed by atoms with van der Waals surface area (Å²) in [6, 6.07) is -3.80. The third kappa shape index (κ3) is 11.0. The molecule has 14 nitrogen and oxygen atoms in total. The molecule has 0 aromatic heterocycles. The number of carbonyl (C=O) groups excluding carboxylic acids is 4. The van der Waals surface area contributed by atoms with E-state index in [-0.39, 0.29) is 37.7 Å². The standard InChI is InChI=1S/C21H38N8O6/c1-11(2)16(19(33)28-14(20(34)35)7-8-15(22)30)29-18(32)13(6-4-10-26-21(23)24)27-17(31)12-5-3-9-25-12/h11-14,16,25H,3-10H2,1-2H3,(H2,22,30)(H,27,31)(H,28,33)(H,29,32)(H,34,35)(H4,23,24,26). The summed E-state index contributed by atoms with van der Waals surface area (Å²) in [5, 5.41) is 20.1. The summed E-state index contributed by atoms with van der Waals surface area (Å²) in [7, 11) is 0. The van der Waals surface area contributed by atoms with Gasteiger partial charge in [0.25, 0.3) is 0 Å². The Morgan fingerprint density at radius 3 is 2.20 bits per heavy atom. The first-order valence-electron chi connectivity index (χ1n) is 11.6. The maximum Gasteiger partial charge on any atom is 0.326 e. The van der Waals surface area contributed by atoms with Crippen LogP contribution < -0.4 is 38.5 Å². The van der Waals surface area contributed by atoms with Crippen LogP contribution in [0.5, 0.6) is 0 Å². The zero-order valence-corrected chi connectivity index (χ0v) is 20.2. The first kappa shape index (κ1) is 29.6. The molecule has 0 radical (unpaired) electrons. The van der Waals surface area contributed by atoms with Crippen molar-refractivity contribution in [2.45, 2.75) is 76.5 Å². The van der Waals surface area contributed by atoms with Gasteiger partial charge in [-0.25, -0.2) is 4.79 Å². The summed E-state index contributed by atoms with van der Waals surface area (Å²) >= 11 is 0. The zero-order valence-electron chi connectivity index (χ0n) is 20.2. The molecule has 0 aromatic rings. The first-order valence-corrected chi connectivity index (χ1v) is 11.6. The molecule has 0 aromatic carbocycles. The van der Waals surface area contributed by atoms with Crippen molar-refractivity contribution in [2.24, 2.45) is 28.1 Å². The topological polar surface area (TPSA) is 244 Å². The van der Waals surface area contributed by atoms with E-state index in [4.69, 9.17) is 17.2 Å². The lowest BCUT2D eigenvalue weighted by Gasteiger charge is -2.27. The van der Waals surface area contributed by atoms with E-state index in [9.17, 15) is 29.1 Å². The first-order chi connectivity index (χ1) is 16.4. The Kier molecular flexibility index (Phi) is 12.5. The molecule has 0 spiro atoms. The highest BCUT2D eigenvalue weighted by Crippen LogP contribution is 2.09. The molecule has 198 valence electrons. The normalized spacial score (nSPS) is 17.6. The number of nitrogens with one attached hydrogen (secondary N) is 4. The number of primary amides is 1. The Morgan fingerprint density at radius 1 is 1.00 bits per heavy atom. The van der Waals surface area contributed by atoms with Crippen molar-refractivity contribution < 1.29 is 29.1 Å². The van der Waals surface area contributed by atoms with Crippen LogP contribution in [0.25, 0.3) is 0 Å². The van der Waals surface area contributed by atoms with Crippen molar-refractivity contribution in [3.8, 4) is 0 Å². The van der Waals surface area contributed by atoms with E-state index < -0.39 is 53.8 Å². The van der Waals surface area contributed by atoms with E-state index in [0.29, 0.717) is 19.4 Å². The third-order valence-electron chi connectivity index (χ3n) is 5.50. The summed E-state index contributed by atoms with van der Waals surface area (Å²) < 4.78 is 0. The number of nitrogens with zero attached hydrogens (tertiary/aromatic N) is 1. The smallest absolute Gasteiger partial charge is 0.326 e. The monoisotopic (exact) mass is 498 g/mol. The van der Waals surface area contributed by atoms with Crippen molar-refractivity contribution in [2.75, 3.05) is 13.1 Å². The van der Waals surface area contributed by atoms with E-state index in [1.165, 1.54) is 0 Å². The third-order valence-corrected chi connectivity index (χ3v) is 5.50. The Labute approximate surface area is 204 Å². The molecule has 1 aliphatic rings. The Morgan fingerprint density at radius 2 is 1.69 bits per heavy atom. The number of aliphatic imine (C=N–C) groups is 1. The molecule has 0 aliphatic carbocycles. The van der Waals surface area contributed by atoms with Gasteiger partial charge in [0.15, 0.2) is 5.96 Å². The molecule has 0 bridgehead atoms. The molecule has 1 rings (SSSR count). The Balaban J connectivity index is 2.91. The van der Waals surface area contributed by atoms with Gasteiger partial charge in [-0.1, -0.05) is 13.8 Å². The summed E-state index contributed by atoms with van der Waals surface area (Å²) in [6.07, 6.45) is 1.68. The van der Waals surface area contributed by atoms with E-state index >= 15 is 0 Å². The second kappa shape index (κ2) is 14.8. The molecule has 0 saturated carbocycles. The number of hydrogen-bond acceptors (Lipinski definition) is 7. The lowest BCUT2D eigenvalue weighted by atomic mass is 10.0. The van der Waals surface area contributed by atoms with Gasteiger partial charge in [-0.3, -0.25) is 24.2 Å². The number of rotatable bonds is 15. The molecule has 1 aliphatic heterocycles. The van der Waals surface area contributed by atoms with E-state index in [2.05, 4.69) is 26.3 Å². The van der Waals surface area contributed by atoms with Gasteiger partial charge in [0, 0.05) is 13.0 Å². The molecular weight excluding hydrogens is 460 g/mol. The van der Waals surface area contributed by atoms with Crippen LogP contribution in [-0.2, 0) is 24.0 Å². The number of carboxylic acids is 1. The largest absolute Gasteiger partial charge is 0.480 e. The predicted octanol–water partition coefficient (Wildman–Crippen LogP) is -2.75. The molecule has 4 unspecified atom stereocenters. The highest BCUT2D eigenvalue weighted by molar-refractivity contribution is 5.94. The van der Waals surface area contributed by atoms with Crippen molar-refractivity contribution in [1.82, 2.24) is 21.3 Å². The SMILES string of the molecule is CC(C)C(NC(=O)C(CCCN=C(N)N)NC(=O)C1CCCN1)C(=O)NC(CCC(N)=O)C(=O)O. The maximum atomic E-state index is 13.1. The molecule has 1 heterocycles. The average Bonchev–Trinajstić information content (AvgIpc) is 3.30. The van der Waals surface area contributed by atoms with Crippen LogP contribution in [-0.4, -0.2) is 77.9 Å². The van der Waals surface area contributed by atoms with E-state index in [1.54, 1.807) is 13.8 Å². The second-order valence-electron chi connectivity index (χ2n) is 8.79. The van der Waals surface area contributed by atoms with Gasteiger partial charge in [-0.05, 0) is 44.6 Å². The van der Waals surface area contributed by atoms with Crippen LogP contribution in [0.3, 0.4) is 0 Å². The molecule has 35 heavy (non-hydrogen) atoms. The van der Waals surface area contributed by atoms with Crippen LogP contribution >= 0.6 is 0 Å². The van der Waals surface area contributed by atoms with Crippen molar-refractivity contribution in [3.05, 3.63) is 0 Å². The molecule has 4 amide bonds. The quantitative estimate of drug-likeness (QED) is 0.0661. The second-order valence-corrected chi connectivity index (χ2v) is 8.79. The van der Waals surface area contributed by atoms with Gasteiger partial charge in [0.1, 0.15) is 18.1 Å². The molecule has 1 fully saturated rings. The summed E-state index contributed by atoms with van der Waals surface area (Å²) in [6.45, 7) is 4.31. The van der Waals surface area contributed by atoms with Crippen LogP contribution in [0.2, 0.25) is 0 Å². The highest BCUT2D eigenvalue weighted by Gasteiger charge is 2.32. The molecular formula is C21H38N8O6. The van der Waals surface area contributed by atoms with Crippen molar-refractivity contribution in [1.29, 1.82) is 0 Å². The van der Waals surface area contributed by atoms with Gasteiger partial charge in [-0.2, -0.15) is 0 Å². The summed E-state index contributed by atoms with van der Waals surface area (Å²) in [5.74, 6) is -4.18. The van der Waals surface area contributed by atoms with Crippen molar-refractivity contribution in [3.63, 3.8) is 0 Å². The van der Waals surface area contributed by atoms with Gasteiger partial charge in [-0.15, -0.1) is 0 Å². The number of nitrogens with two attached hydrogens (primary N) is 3. The van der Waals surface area contributed by atoms with E-state index in [1.807, 2.05) is 0 Å². The molecule has 4 atom stereocenters. The summed E-state index contributed by atoms with van der Waals surface area (Å²) in [5.41, 5.74) is 15.7. The fraction of sp³-hybridized carbons (Fsp3) is 0.714. The van der Waals surface area contributed by atoms with Crippen LogP contribution in [0.15, 0.2) is 4.99 Å². The molecule has 11 N–H and O–H groups in total. The average molecular weight is 499 g/mol. The van der Waals surface area contributed by atoms with Gasteiger partial charge in [0.05, 0.1) is 6.04 Å². The van der Waals surface area contributed by atoms with Gasteiger partial charge < -0.3 is 43.6 Å². The van der Waals surface area contributed by atoms with E-state index in [0.717, 1.165) is 6.42 Å². The van der Waals surface area contributed by atoms with Crippen LogP contribution in [0.1, 0.15) is 52.4 Å². The predicted molar refractivity (Wildman–Crippen MR) is 128 cm³/mol. The Bertz CT molecular complexity index is 793. The van der Waals surface area contributed by atoms with Gasteiger partial charge in [0.2, 0.25) is 23.6 Å². The lowest BCUT2D eigenvalue weighted by molar-refractivity contribution is -0.143. The van der Waals surface area contributed by atoms with Gasteiger partial charge >= 0.3 is 5.97 Å². The number of aliphatic carboxylic acids is 1. The number of carboxylic acid groups (broad SMARTS) is 1. The number of amides is 4. The fourth-order valence-corrected chi connectivity index (χ4v) is 3.55. The zero-order chi connectivity index (χ0) is 26.5. The molecule has 14 heteroatoms. The minimum atomic E-state index is -1.35. The molecule has 1 saturated heterocycles. The number of carbonyl (C=O) groups is 5. The number of hydrogen-bond donors (Lipinski definition) is 8.